The minimum atomic E-state index is -1.34. The molecule has 0 spiro atoms. The third kappa shape index (κ3) is 5.70. The second-order valence-corrected chi connectivity index (χ2v) is 7.37. The molecule has 2 heterocycles. The van der Waals surface area contributed by atoms with Crippen LogP contribution in [0.5, 0.6) is 0 Å². The lowest BCUT2D eigenvalue weighted by Crippen LogP contribution is -2.54. The molecule has 0 aromatic carbocycles. The highest BCUT2D eigenvalue weighted by atomic mass is 16.7. The first-order valence-electron chi connectivity index (χ1n) is 8.96. The van der Waals surface area contributed by atoms with Gasteiger partial charge in [0.15, 0.2) is 5.57 Å². The van der Waals surface area contributed by atoms with Crippen molar-refractivity contribution in [1.82, 2.24) is 10.2 Å². The first-order valence-corrected chi connectivity index (χ1v) is 8.96. The van der Waals surface area contributed by atoms with Crippen LogP contribution < -0.4 is 5.32 Å². The molecule has 0 saturated carbocycles. The third-order valence-electron chi connectivity index (χ3n) is 4.10. The second kappa shape index (κ2) is 8.41. The topological polar surface area (TPSA) is 111 Å². The summed E-state index contributed by atoms with van der Waals surface area (Å²) in [5.74, 6) is -3.51. The first-order chi connectivity index (χ1) is 12.6. The summed E-state index contributed by atoms with van der Waals surface area (Å²) >= 11 is 0. The van der Waals surface area contributed by atoms with Crippen molar-refractivity contribution in [2.45, 2.75) is 52.4 Å². The zero-order valence-corrected chi connectivity index (χ0v) is 16.1. The molecule has 2 fully saturated rings. The van der Waals surface area contributed by atoms with E-state index in [2.05, 4.69) is 5.32 Å². The fraction of sp³-hybridized carbons (Fsp3) is 0.667. The number of amides is 1. The number of piperazine rings is 1. The molecule has 1 atom stereocenters. The fourth-order valence-electron chi connectivity index (χ4n) is 2.65. The lowest BCUT2D eigenvalue weighted by Gasteiger charge is -2.35. The average molecular weight is 382 g/mol. The van der Waals surface area contributed by atoms with Gasteiger partial charge in [0, 0.05) is 33.1 Å². The molecule has 0 aromatic rings. The molecule has 0 aliphatic carbocycles. The van der Waals surface area contributed by atoms with E-state index >= 15 is 0 Å². The molecule has 2 aliphatic heterocycles. The SMILES string of the molecule is CC(C)CCOC(=O)CC1C(=O)NCCN1C=C1C(=O)OC(C)(C)OC1=O. The van der Waals surface area contributed by atoms with Gasteiger partial charge in [-0.2, -0.15) is 0 Å². The van der Waals surface area contributed by atoms with Gasteiger partial charge in [-0.3, -0.25) is 9.59 Å². The molecule has 1 unspecified atom stereocenters. The van der Waals surface area contributed by atoms with Crippen molar-refractivity contribution >= 4 is 23.8 Å². The Hall–Kier alpha value is -2.58. The van der Waals surface area contributed by atoms with E-state index in [0.29, 0.717) is 19.0 Å². The quantitative estimate of drug-likeness (QED) is 0.401. The van der Waals surface area contributed by atoms with Gasteiger partial charge >= 0.3 is 17.9 Å². The highest BCUT2D eigenvalue weighted by molar-refractivity contribution is 6.15. The van der Waals surface area contributed by atoms with Crippen LogP contribution in [-0.2, 0) is 33.4 Å². The number of esters is 3. The lowest BCUT2D eigenvalue weighted by molar-refractivity contribution is -0.222. The third-order valence-corrected chi connectivity index (χ3v) is 4.10. The number of hydrogen-bond acceptors (Lipinski definition) is 8. The molecule has 0 bridgehead atoms. The number of rotatable bonds is 6. The Morgan fingerprint density at radius 1 is 1.30 bits per heavy atom. The highest BCUT2D eigenvalue weighted by Crippen LogP contribution is 2.24. The number of nitrogens with one attached hydrogen (secondary N) is 1. The van der Waals surface area contributed by atoms with Crippen LogP contribution in [-0.4, -0.2) is 60.2 Å². The van der Waals surface area contributed by atoms with Crippen molar-refractivity contribution in [2.24, 2.45) is 5.92 Å². The van der Waals surface area contributed by atoms with E-state index in [1.807, 2.05) is 13.8 Å². The average Bonchev–Trinajstić information content (AvgIpc) is 2.52. The largest absolute Gasteiger partial charge is 0.466 e. The standard InChI is InChI=1S/C18H26N2O7/c1-11(2)5-8-25-14(21)9-13-15(22)19-6-7-20(13)10-12-16(23)26-18(3,4)27-17(12)24/h10-11,13H,5-9H2,1-4H3,(H,19,22). The van der Waals surface area contributed by atoms with Crippen molar-refractivity contribution in [3.8, 4) is 0 Å². The van der Waals surface area contributed by atoms with Gasteiger partial charge in [0.25, 0.3) is 5.79 Å². The van der Waals surface area contributed by atoms with E-state index in [1.165, 1.54) is 24.9 Å². The smallest absolute Gasteiger partial charge is 0.350 e. The van der Waals surface area contributed by atoms with E-state index in [1.54, 1.807) is 0 Å². The van der Waals surface area contributed by atoms with E-state index in [9.17, 15) is 19.2 Å². The molecule has 2 rings (SSSR count). The van der Waals surface area contributed by atoms with Gasteiger partial charge in [-0.1, -0.05) is 13.8 Å². The molecule has 150 valence electrons. The normalized spacial score (nSPS) is 22.1. The number of hydrogen-bond donors (Lipinski definition) is 1. The van der Waals surface area contributed by atoms with Crippen LogP contribution in [0, 0.1) is 5.92 Å². The number of carbonyl (C=O) groups is 4. The van der Waals surface area contributed by atoms with Crippen LogP contribution in [0.3, 0.4) is 0 Å². The minimum Gasteiger partial charge on any atom is -0.466 e. The number of carbonyl (C=O) groups excluding carboxylic acids is 4. The summed E-state index contributed by atoms with van der Waals surface area (Å²) < 4.78 is 15.3. The maximum absolute atomic E-state index is 12.2. The summed E-state index contributed by atoms with van der Waals surface area (Å²) in [6.07, 6.45) is 1.76. The summed E-state index contributed by atoms with van der Waals surface area (Å²) in [6.45, 7) is 7.84. The predicted octanol–water partition coefficient (Wildman–Crippen LogP) is 0.486. The summed E-state index contributed by atoms with van der Waals surface area (Å²) in [5, 5.41) is 2.66. The van der Waals surface area contributed by atoms with Crippen LogP contribution >= 0.6 is 0 Å². The van der Waals surface area contributed by atoms with Gasteiger partial charge in [0.05, 0.1) is 13.0 Å². The predicted molar refractivity (Wildman–Crippen MR) is 92.9 cm³/mol. The molecule has 1 amide bonds. The Morgan fingerprint density at radius 2 is 1.93 bits per heavy atom. The lowest BCUT2D eigenvalue weighted by atomic mass is 10.1. The van der Waals surface area contributed by atoms with Crippen molar-refractivity contribution < 1.29 is 33.4 Å². The van der Waals surface area contributed by atoms with Gasteiger partial charge in [-0.25, -0.2) is 9.59 Å². The minimum absolute atomic E-state index is 0.191. The van der Waals surface area contributed by atoms with E-state index in [-0.39, 0.29) is 24.5 Å². The summed E-state index contributed by atoms with van der Waals surface area (Å²) in [6, 6.07) is -0.881. The van der Waals surface area contributed by atoms with Crippen LogP contribution in [0.15, 0.2) is 11.8 Å². The van der Waals surface area contributed by atoms with Crippen molar-refractivity contribution in [3.05, 3.63) is 11.8 Å². The van der Waals surface area contributed by atoms with Gasteiger partial charge in [0.1, 0.15) is 6.04 Å². The number of cyclic esters (lactones) is 2. The Labute approximate surface area is 158 Å². The molecule has 0 aromatic heterocycles. The van der Waals surface area contributed by atoms with E-state index in [0.717, 1.165) is 6.42 Å². The van der Waals surface area contributed by atoms with E-state index in [4.69, 9.17) is 14.2 Å². The molecular formula is C18H26N2O7. The first kappa shape index (κ1) is 20.7. The molecule has 0 radical (unpaired) electrons. The van der Waals surface area contributed by atoms with Crippen molar-refractivity contribution in [1.29, 1.82) is 0 Å². The van der Waals surface area contributed by atoms with Gasteiger partial charge < -0.3 is 24.4 Å². The number of ether oxygens (including phenoxy) is 3. The van der Waals surface area contributed by atoms with Crippen molar-refractivity contribution in [2.75, 3.05) is 19.7 Å². The molecule has 1 N–H and O–H groups in total. The Kier molecular flexibility index (Phi) is 6.45. The number of nitrogens with zero attached hydrogens (tertiary/aromatic N) is 1. The van der Waals surface area contributed by atoms with Crippen LogP contribution in [0.4, 0.5) is 0 Å². The second-order valence-electron chi connectivity index (χ2n) is 7.37. The molecule has 2 aliphatic rings. The maximum Gasteiger partial charge on any atom is 0.350 e. The Balaban J connectivity index is 2.09. The van der Waals surface area contributed by atoms with Crippen LogP contribution in [0.25, 0.3) is 0 Å². The molecule has 9 nitrogen and oxygen atoms in total. The Morgan fingerprint density at radius 3 is 2.52 bits per heavy atom. The van der Waals surface area contributed by atoms with Crippen LogP contribution in [0.1, 0.15) is 40.5 Å². The summed E-state index contributed by atoms with van der Waals surface area (Å²) in [5.41, 5.74) is -0.317. The highest BCUT2D eigenvalue weighted by Gasteiger charge is 2.40. The summed E-state index contributed by atoms with van der Waals surface area (Å²) in [4.78, 5) is 49.9. The molecule has 2 saturated heterocycles. The van der Waals surface area contributed by atoms with Gasteiger partial charge in [0.2, 0.25) is 5.91 Å². The van der Waals surface area contributed by atoms with Gasteiger partial charge in [-0.05, 0) is 12.3 Å². The maximum atomic E-state index is 12.2. The molecule has 9 heteroatoms. The molecule has 27 heavy (non-hydrogen) atoms. The molecular weight excluding hydrogens is 356 g/mol. The summed E-state index contributed by atoms with van der Waals surface area (Å²) in [7, 11) is 0. The van der Waals surface area contributed by atoms with Crippen molar-refractivity contribution in [3.63, 3.8) is 0 Å². The van der Waals surface area contributed by atoms with E-state index < -0.39 is 29.7 Å². The zero-order chi connectivity index (χ0) is 20.2. The Bertz CT molecular complexity index is 632. The monoisotopic (exact) mass is 382 g/mol. The van der Waals surface area contributed by atoms with Gasteiger partial charge in [-0.15, -0.1) is 0 Å². The zero-order valence-electron chi connectivity index (χ0n) is 16.1. The van der Waals surface area contributed by atoms with Crippen LogP contribution in [0.2, 0.25) is 0 Å². The fourth-order valence-corrected chi connectivity index (χ4v) is 2.65.